The Morgan fingerprint density at radius 1 is 1.35 bits per heavy atom. The van der Waals surface area contributed by atoms with Gasteiger partial charge in [0, 0.05) is 24.9 Å². The van der Waals surface area contributed by atoms with Crippen LogP contribution in [0.15, 0.2) is 30.6 Å². The number of nitrogens with zero attached hydrogens (tertiary/aromatic N) is 2. The van der Waals surface area contributed by atoms with Crippen LogP contribution in [0, 0.1) is 5.82 Å². The molecule has 0 aliphatic rings. The zero-order valence-electron chi connectivity index (χ0n) is 12.4. The molecule has 2 rings (SSSR count). The summed E-state index contributed by atoms with van der Waals surface area (Å²) < 4.78 is 16.2. The standard InChI is InChI=1S/C16H22FN3/c1-4-7-15-19-10-11-20(15)16-13(12(3)18-5-2)8-6-9-14(16)17/h6,8-12,18H,4-5,7H2,1-3H3. The van der Waals surface area contributed by atoms with Gasteiger partial charge in [-0.05, 0) is 31.5 Å². The number of hydrogen-bond donors (Lipinski definition) is 1. The Morgan fingerprint density at radius 3 is 2.85 bits per heavy atom. The first-order valence-electron chi connectivity index (χ1n) is 7.23. The molecule has 0 spiro atoms. The number of rotatable bonds is 6. The summed E-state index contributed by atoms with van der Waals surface area (Å²) >= 11 is 0. The Kier molecular flexibility index (Phi) is 4.90. The van der Waals surface area contributed by atoms with E-state index in [1.165, 1.54) is 6.07 Å². The second kappa shape index (κ2) is 6.66. The fourth-order valence-corrected chi connectivity index (χ4v) is 2.50. The predicted octanol–water partition coefficient (Wildman–Crippen LogP) is 3.63. The van der Waals surface area contributed by atoms with Gasteiger partial charge in [0.25, 0.3) is 0 Å². The third kappa shape index (κ3) is 2.90. The topological polar surface area (TPSA) is 29.9 Å². The first-order chi connectivity index (χ1) is 9.69. The van der Waals surface area contributed by atoms with E-state index in [4.69, 9.17) is 0 Å². The predicted molar refractivity (Wildman–Crippen MR) is 79.6 cm³/mol. The minimum absolute atomic E-state index is 0.0996. The lowest BCUT2D eigenvalue weighted by atomic mass is 10.1. The maximum Gasteiger partial charge on any atom is 0.147 e. The monoisotopic (exact) mass is 275 g/mol. The summed E-state index contributed by atoms with van der Waals surface area (Å²) in [6.07, 6.45) is 5.41. The van der Waals surface area contributed by atoms with Gasteiger partial charge in [0.05, 0.1) is 5.69 Å². The summed E-state index contributed by atoms with van der Waals surface area (Å²) in [5.74, 6) is 0.699. The van der Waals surface area contributed by atoms with Gasteiger partial charge in [-0.25, -0.2) is 9.37 Å². The third-order valence-corrected chi connectivity index (χ3v) is 3.43. The molecule has 2 aromatic rings. The minimum atomic E-state index is -0.206. The molecule has 0 aliphatic heterocycles. The van der Waals surface area contributed by atoms with Crippen LogP contribution >= 0.6 is 0 Å². The average Bonchev–Trinajstić information content (AvgIpc) is 2.87. The quantitative estimate of drug-likeness (QED) is 0.872. The molecule has 0 aliphatic carbocycles. The van der Waals surface area contributed by atoms with Crippen LogP contribution in [0.5, 0.6) is 0 Å². The van der Waals surface area contributed by atoms with Crippen molar-refractivity contribution in [2.75, 3.05) is 6.54 Å². The summed E-state index contributed by atoms with van der Waals surface area (Å²) in [5.41, 5.74) is 1.57. The maximum atomic E-state index is 14.4. The van der Waals surface area contributed by atoms with Gasteiger partial charge in [0.2, 0.25) is 0 Å². The molecule has 0 bridgehead atoms. The van der Waals surface area contributed by atoms with Crippen LogP contribution in [0.3, 0.4) is 0 Å². The number of benzene rings is 1. The highest BCUT2D eigenvalue weighted by molar-refractivity contribution is 5.45. The second-order valence-electron chi connectivity index (χ2n) is 4.92. The fourth-order valence-electron chi connectivity index (χ4n) is 2.50. The number of aromatic nitrogens is 2. The van der Waals surface area contributed by atoms with Crippen LogP contribution in [0.2, 0.25) is 0 Å². The molecule has 1 aromatic carbocycles. The molecule has 3 nitrogen and oxygen atoms in total. The molecule has 1 heterocycles. The molecular formula is C16H22FN3. The molecular weight excluding hydrogens is 253 g/mol. The first-order valence-corrected chi connectivity index (χ1v) is 7.23. The summed E-state index contributed by atoms with van der Waals surface area (Å²) in [6.45, 7) is 7.05. The van der Waals surface area contributed by atoms with E-state index in [0.717, 1.165) is 30.8 Å². The van der Waals surface area contributed by atoms with E-state index in [1.54, 1.807) is 12.3 Å². The van der Waals surface area contributed by atoms with Crippen molar-refractivity contribution >= 4 is 0 Å². The van der Waals surface area contributed by atoms with Gasteiger partial charge in [-0.2, -0.15) is 0 Å². The molecule has 20 heavy (non-hydrogen) atoms. The Morgan fingerprint density at radius 2 is 2.15 bits per heavy atom. The number of imidazole rings is 1. The van der Waals surface area contributed by atoms with Gasteiger partial charge in [0.1, 0.15) is 11.6 Å². The maximum absolute atomic E-state index is 14.4. The Hall–Kier alpha value is -1.68. The molecule has 108 valence electrons. The number of nitrogens with one attached hydrogen (secondary N) is 1. The van der Waals surface area contributed by atoms with Gasteiger partial charge in [-0.1, -0.05) is 26.0 Å². The summed E-state index contributed by atoms with van der Waals surface area (Å²) in [6, 6.07) is 5.34. The molecule has 4 heteroatoms. The molecule has 1 atom stereocenters. The third-order valence-electron chi connectivity index (χ3n) is 3.43. The van der Waals surface area contributed by atoms with E-state index in [1.807, 2.05) is 16.8 Å². The Balaban J connectivity index is 2.51. The van der Waals surface area contributed by atoms with Gasteiger partial charge in [-0.15, -0.1) is 0 Å². The van der Waals surface area contributed by atoms with Crippen LogP contribution in [-0.2, 0) is 6.42 Å². The fraction of sp³-hybridized carbons (Fsp3) is 0.438. The van der Waals surface area contributed by atoms with E-state index in [-0.39, 0.29) is 11.9 Å². The van der Waals surface area contributed by atoms with Crippen LogP contribution in [0.25, 0.3) is 5.69 Å². The molecule has 0 radical (unpaired) electrons. The molecule has 1 aromatic heterocycles. The molecule has 0 saturated carbocycles. The first kappa shape index (κ1) is 14.7. The SMILES string of the molecule is CCCc1nccn1-c1c(F)cccc1C(C)NCC. The minimum Gasteiger partial charge on any atom is -0.310 e. The molecule has 1 unspecified atom stereocenters. The van der Waals surface area contributed by atoms with Crippen molar-refractivity contribution in [3.05, 3.63) is 47.8 Å². The van der Waals surface area contributed by atoms with E-state index < -0.39 is 0 Å². The molecule has 0 fully saturated rings. The van der Waals surface area contributed by atoms with Crippen molar-refractivity contribution in [3.63, 3.8) is 0 Å². The van der Waals surface area contributed by atoms with Crippen molar-refractivity contribution in [2.45, 2.75) is 39.7 Å². The summed E-state index contributed by atoms with van der Waals surface area (Å²) in [4.78, 5) is 4.35. The molecule has 0 amide bonds. The number of halogens is 1. The molecule has 0 saturated heterocycles. The van der Waals surface area contributed by atoms with Crippen LogP contribution in [0.4, 0.5) is 4.39 Å². The average molecular weight is 275 g/mol. The van der Waals surface area contributed by atoms with Crippen molar-refractivity contribution in [2.24, 2.45) is 0 Å². The van der Waals surface area contributed by atoms with E-state index in [0.29, 0.717) is 5.69 Å². The van der Waals surface area contributed by atoms with E-state index >= 15 is 0 Å². The lowest BCUT2D eigenvalue weighted by Crippen LogP contribution is -2.20. The van der Waals surface area contributed by atoms with Crippen molar-refractivity contribution < 1.29 is 4.39 Å². The number of aryl methyl sites for hydroxylation is 1. The van der Waals surface area contributed by atoms with Gasteiger partial charge in [0.15, 0.2) is 0 Å². The Bertz CT molecular complexity index is 563. The smallest absolute Gasteiger partial charge is 0.147 e. The highest BCUT2D eigenvalue weighted by atomic mass is 19.1. The zero-order chi connectivity index (χ0) is 14.5. The lowest BCUT2D eigenvalue weighted by Gasteiger charge is -2.19. The Labute approximate surface area is 119 Å². The number of para-hydroxylation sites is 1. The van der Waals surface area contributed by atoms with Crippen LogP contribution in [-0.4, -0.2) is 16.1 Å². The van der Waals surface area contributed by atoms with E-state index in [2.05, 4.69) is 31.1 Å². The van der Waals surface area contributed by atoms with Crippen LogP contribution in [0.1, 0.15) is 44.6 Å². The van der Waals surface area contributed by atoms with Gasteiger partial charge < -0.3 is 9.88 Å². The van der Waals surface area contributed by atoms with Crippen molar-refractivity contribution in [3.8, 4) is 5.69 Å². The lowest BCUT2D eigenvalue weighted by molar-refractivity contribution is 0.572. The normalized spacial score (nSPS) is 12.6. The van der Waals surface area contributed by atoms with Crippen molar-refractivity contribution in [1.82, 2.24) is 14.9 Å². The zero-order valence-corrected chi connectivity index (χ0v) is 12.4. The summed E-state index contributed by atoms with van der Waals surface area (Å²) in [7, 11) is 0. The highest BCUT2D eigenvalue weighted by Gasteiger charge is 2.17. The number of hydrogen-bond acceptors (Lipinski definition) is 2. The van der Waals surface area contributed by atoms with Gasteiger partial charge >= 0.3 is 0 Å². The largest absolute Gasteiger partial charge is 0.310 e. The van der Waals surface area contributed by atoms with Gasteiger partial charge in [-0.3, -0.25) is 0 Å². The van der Waals surface area contributed by atoms with E-state index in [9.17, 15) is 4.39 Å². The van der Waals surface area contributed by atoms with Crippen LogP contribution < -0.4 is 5.32 Å². The summed E-state index contributed by atoms with van der Waals surface area (Å²) in [5, 5.41) is 3.34. The highest BCUT2D eigenvalue weighted by Crippen LogP contribution is 2.25. The second-order valence-corrected chi connectivity index (χ2v) is 4.92. The van der Waals surface area contributed by atoms with Crippen molar-refractivity contribution in [1.29, 1.82) is 0 Å². The molecule has 1 N–H and O–H groups in total.